The van der Waals surface area contributed by atoms with Crippen molar-refractivity contribution in [1.82, 2.24) is 14.9 Å². The molecule has 20 heavy (non-hydrogen) atoms. The van der Waals surface area contributed by atoms with E-state index in [1.165, 1.54) is 0 Å². The molecule has 0 radical (unpaired) electrons. The minimum absolute atomic E-state index is 0.190. The number of aromatic nitrogens is 2. The van der Waals surface area contributed by atoms with Crippen LogP contribution >= 0.6 is 0 Å². The molecular formula is C13H22N4O3. The number of carbonyl (C=O) groups excluding carboxylic acids is 1. The predicted octanol–water partition coefficient (Wildman–Crippen LogP) is 0.216. The number of anilines is 1. The van der Waals surface area contributed by atoms with Crippen molar-refractivity contribution in [2.24, 2.45) is 0 Å². The van der Waals surface area contributed by atoms with E-state index < -0.39 is 6.04 Å². The van der Waals surface area contributed by atoms with Crippen LogP contribution in [0.15, 0.2) is 17.2 Å². The molecule has 112 valence electrons. The lowest BCUT2D eigenvalue weighted by molar-refractivity contribution is -0.121. The largest absolute Gasteiger partial charge is 0.383 e. The van der Waals surface area contributed by atoms with Gasteiger partial charge in [-0.05, 0) is 13.3 Å². The van der Waals surface area contributed by atoms with Crippen molar-refractivity contribution < 1.29 is 9.53 Å². The average Bonchev–Trinajstić information content (AvgIpc) is 2.43. The first kappa shape index (κ1) is 16.2. The van der Waals surface area contributed by atoms with Crippen LogP contribution in [0.1, 0.15) is 20.3 Å². The standard InChI is InChI=1S/C13H22N4O3/c1-4-7-17-8-5-14-11(13(17)19)16-10(2)12(18)15-6-9-20-3/h5,8,10H,4,6-7,9H2,1-3H3,(H,14,16)(H,15,18). The van der Waals surface area contributed by atoms with Crippen molar-refractivity contribution in [1.29, 1.82) is 0 Å². The Kier molecular flexibility index (Phi) is 6.72. The van der Waals surface area contributed by atoms with Crippen molar-refractivity contribution in [3.05, 3.63) is 22.7 Å². The highest BCUT2D eigenvalue weighted by atomic mass is 16.5. The number of hydrogen-bond donors (Lipinski definition) is 2. The maximum absolute atomic E-state index is 12.1. The summed E-state index contributed by atoms with van der Waals surface area (Å²) in [5, 5.41) is 5.54. The summed E-state index contributed by atoms with van der Waals surface area (Å²) in [7, 11) is 1.57. The molecule has 7 heteroatoms. The third-order valence-corrected chi connectivity index (χ3v) is 2.73. The van der Waals surface area contributed by atoms with Gasteiger partial charge in [0.15, 0.2) is 5.82 Å². The number of rotatable bonds is 8. The fraction of sp³-hybridized carbons (Fsp3) is 0.615. The molecule has 0 saturated carbocycles. The molecule has 0 aromatic carbocycles. The molecule has 1 amide bonds. The average molecular weight is 282 g/mol. The molecule has 2 N–H and O–H groups in total. The number of aryl methyl sites for hydroxylation is 1. The first-order valence-electron chi connectivity index (χ1n) is 6.68. The van der Waals surface area contributed by atoms with Crippen LogP contribution in [0.4, 0.5) is 5.82 Å². The number of carbonyl (C=O) groups is 1. The summed E-state index contributed by atoms with van der Waals surface area (Å²) in [6.07, 6.45) is 4.05. The fourth-order valence-electron chi connectivity index (χ4n) is 1.66. The fourth-order valence-corrected chi connectivity index (χ4v) is 1.66. The van der Waals surface area contributed by atoms with Crippen molar-refractivity contribution in [3.8, 4) is 0 Å². The molecule has 1 heterocycles. The Bertz CT molecular complexity index is 487. The molecule has 0 saturated heterocycles. The second-order valence-electron chi connectivity index (χ2n) is 4.42. The van der Waals surface area contributed by atoms with Gasteiger partial charge in [-0.3, -0.25) is 9.59 Å². The molecule has 0 aliphatic carbocycles. The number of ether oxygens (including phenoxy) is 1. The lowest BCUT2D eigenvalue weighted by Crippen LogP contribution is -2.40. The molecular weight excluding hydrogens is 260 g/mol. The van der Waals surface area contributed by atoms with Gasteiger partial charge in [0.1, 0.15) is 6.04 Å². The molecule has 1 aromatic heterocycles. The van der Waals surface area contributed by atoms with Crippen LogP contribution in [0, 0.1) is 0 Å². The van der Waals surface area contributed by atoms with Crippen LogP contribution in [0.5, 0.6) is 0 Å². The van der Waals surface area contributed by atoms with Gasteiger partial charge >= 0.3 is 0 Å². The summed E-state index contributed by atoms with van der Waals surface area (Å²) in [5.41, 5.74) is -0.217. The van der Waals surface area contributed by atoms with E-state index in [0.717, 1.165) is 6.42 Å². The SMILES string of the molecule is CCCn1ccnc(NC(C)C(=O)NCCOC)c1=O. The monoisotopic (exact) mass is 282 g/mol. The van der Waals surface area contributed by atoms with Crippen LogP contribution in [0.25, 0.3) is 0 Å². The van der Waals surface area contributed by atoms with E-state index in [1.54, 1.807) is 31.0 Å². The summed E-state index contributed by atoms with van der Waals surface area (Å²) in [4.78, 5) is 27.8. The van der Waals surface area contributed by atoms with Crippen molar-refractivity contribution in [2.75, 3.05) is 25.6 Å². The van der Waals surface area contributed by atoms with Gasteiger partial charge in [0.05, 0.1) is 6.61 Å². The highest BCUT2D eigenvalue weighted by Gasteiger charge is 2.14. The van der Waals surface area contributed by atoms with E-state index in [9.17, 15) is 9.59 Å². The van der Waals surface area contributed by atoms with Gasteiger partial charge in [0, 0.05) is 32.6 Å². The highest BCUT2D eigenvalue weighted by Crippen LogP contribution is 1.98. The van der Waals surface area contributed by atoms with Gasteiger partial charge in [-0.2, -0.15) is 0 Å². The van der Waals surface area contributed by atoms with Crippen LogP contribution in [0.2, 0.25) is 0 Å². The molecule has 0 spiro atoms. The molecule has 0 aliphatic heterocycles. The van der Waals surface area contributed by atoms with E-state index in [-0.39, 0.29) is 17.3 Å². The summed E-state index contributed by atoms with van der Waals surface area (Å²) in [5.74, 6) is -0.00974. The first-order valence-corrected chi connectivity index (χ1v) is 6.68. The second kappa shape index (κ2) is 8.31. The molecule has 1 atom stereocenters. The molecule has 1 aromatic rings. The Labute approximate surface area is 118 Å². The highest BCUT2D eigenvalue weighted by molar-refractivity contribution is 5.83. The zero-order valence-corrected chi connectivity index (χ0v) is 12.2. The van der Waals surface area contributed by atoms with Crippen LogP contribution in [-0.2, 0) is 16.1 Å². The van der Waals surface area contributed by atoms with Gasteiger partial charge in [0.2, 0.25) is 5.91 Å². The molecule has 1 rings (SSSR count). The Morgan fingerprint density at radius 3 is 2.95 bits per heavy atom. The summed E-state index contributed by atoms with van der Waals surface area (Å²) >= 11 is 0. The van der Waals surface area contributed by atoms with E-state index in [0.29, 0.717) is 19.7 Å². The lowest BCUT2D eigenvalue weighted by Gasteiger charge is -2.14. The molecule has 1 unspecified atom stereocenters. The molecule has 0 fully saturated rings. The van der Waals surface area contributed by atoms with E-state index in [2.05, 4.69) is 15.6 Å². The van der Waals surface area contributed by atoms with Crippen LogP contribution in [0.3, 0.4) is 0 Å². The van der Waals surface area contributed by atoms with E-state index in [1.807, 2.05) is 6.92 Å². The second-order valence-corrected chi connectivity index (χ2v) is 4.42. The zero-order valence-electron chi connectivity index (χ0n) is 12.2. The molecule has 0 aliphatic rings. The van der Waals surface area contributed by atoms with Gasteiger partial charge in [-0.1, -0.05) is 6.92 Å². The number of hydrogen-bond acceptors (Lipinski definition) is 5. The van der Waals surface area contributed by atoms with Gasteiger partial charge in [0.25, 0.3) is 5.56 Å². The minimum Gasteiger partial charge on any atom is -0.383 e. The predicted molar refractivity (Wildman–Crippen MR) is 76.8 cm³/mol. The van der Waals surface area contributed by atoms with Crippen LogP contribution in [-0.4, -0.2) is 41.8 Å². The van der Waals surface area contributed by atoms with E-state index >= 15 is 0 Å². The third-order valence-electron chi connectivity index (χ3n) is 2.73. The first-order chi connectivity index (χ1) is 9.60. The van der Waals surface area contributed by atoms with Crippen molar-refractivity contribution >= 4 is 11.7 Å². The van der Waals surface area contributed by atoms with Gasteiger partial charge in [-0.15, -0.1) is 0 Å². The molecule has 7 nitrogen and oxygen atoms in total. The Balaban J connectivity index is 2.66. The maximum atomic E-state index is 12.1. The number of nitrogens with one attached hydrogen (secondary N) is 2. The Morgan fingerprint density at radius 2 is 2.30 bits per heavy atom. The Morgan fingerprint density at radius 1 is 1.55 bits per heavy atom. The topological polar surface area (TPSA) is 85.2 Å². The lowest BCUT2D eigenvalue weighted by atomic mass is 10.3. The maximum Gasteiger partial charge on any atom is 0.293 e. The quantitative estimate of drug-likeness (QED) is 0.666. The summed E-state index contributed by atoms with van der Waals surface area (Å²) < 4.78 is 6.43. The Hall–Kier alpha value is -1.89. The van der Waals surface area contributed by atoms with Crippen molar-refractivity contribution in [2.45, 2.75) is 32.9 Å². The third kappa shape index (κ3) is 4.65. The number of methoxy groups -OCH3 is 1. The van der Waals surface area contributed by atoms with Gasteiger partial charge < -0.3 is 19.9 Å². The number of amides is 1. The summed E-state index contributed by atoms with van der Waals surface area (Å²) in [6.45, 7) is 5.19. The zero-order chi connectivity index (χ0) is 15.0. The van der Waals surface area contributed by atoms with Crippen LogP contribution < -0.4 is 16.2 Å². The minimum atomic E-state index is -0.537. The van der Waals surface area contributed by atoms with E-state index in [4.69, 9.17) is 4.74 Å². The van der Waals surface area contributed by atoms with Gasteiger partial charge in [-0.25, -0.2) is 4.98 Å². The van der Waals surface area contributed by atoms with Crippen molar-refractivity contribution in [3.63, 3.8) is 0 Å². The summed E-state index contributed by atoms with van der Waals surface area (Å²) in [6, 6.07) is -0.537. The normalized spacial score (nSPS) is 11.9. The number of nitrogens with zero attached hydrogens (tertiary/aromatic N) is 2. The smallest absolute Gasteiger partial charge is 0.293 e. The molecule has 0 bridgehead atoms.